The van der Waals surface area contributed by atoms with Gasteiger partial charge in [-0.25, -0.2) is 4.68 Å². The Morgan fingerprint density at radius 2 is 1.88 bits per heavy atom. The van der Waals surface area contributed by atoms with E-state index >= 15 is 0 Å². The SMILES string of the molecule is Cn1nnnc1N1CCN(CC(C)(C)O)CC1. The molecular formula is C10H20N6O. The molecular weight excluding hydrogens is 220 g/mol. The number of tetrazole rings is 1. The van der Waals surface area contributed by atoms with Crippen molar-refractivity contribution in [3.8, 4) is 0 Å². The number of aliphatic hydroxyl groups is 1. The van der Waals surface area contributed by atoms with Gasteiger partial charge in [0.25, 0.3) is 0 Å². The molecule has 0 radical (unpaired) electrons. The summed E-state index contributed by atoms with van der Waals surface area (Å²) in [5, 5.41) is 21.2. The van der Waals surface area contributed by atoms with Gasteiger partial charge in [-0.2, -0.15) is 0 Å². The van der Waals surface area contributed by atoms with Crippen LogP contribution in [0.2, 0.25) is 0 Å². The minimum atomic E-state index is -0.630. The summed E-state index contributed by atoms with van der Waals surface area (Å²) in [5.41, 5.74) is -0.630. The summed E-state index contributed by atoms with van der Waals surface area (Å²) in [4.78, 5) is 4.43. The molecule has 0 spiro atoms. The summed E-state index contributed by atoms with van der Waals surface area (Å²) in [5.74, 6) is 0.813. The maximum Gasteiger partial charge on any atom is 0.245 e. The Bertz CT molecular complexity index is 363. The number of aryl methyl sites for hydroxylation is 1. The summed E-state index contributed by atoms with van der Waals surface area (Å²) < 4.78 is 1.69. The molecule has 0 amide bonds. The number of piperazine rings is 1. The number of aromatic nitrogens is 4. The van der Waals surface area contributed by atoms with Gasteiger partial charge >= 0.3 is 0 Å². The van der Waals surface area contributed by atoms with E-state index in [1.54, 1.807) is 4.68 Å². The third-order valence-corrected chi connectivity index (χ3v) is 2.86. The number of nitrogens with zero attached hydrogens (tertiary/aromatic N) is 6. The van der Waals surface area contributed by atoms with Crippen molar-refractivity contribution < 1.29 is 5.11 Å². The molecule has 96 valence electrons. The van der Waals surface area contributed by atoms with Crippen LogP contribution in [0.1, 0.15) is 13.8 Å². The number of hydrogen-bond acceptors (Lipinski definition) is 6. The van der Waals surface area contributed by atoms with Crippen molar-refractivity contribution in [2.75, 3.05) is 37.6 Å². The van der Waals surface area contributed by atoms with Crippen molar-refractivity contribution in [2.45, 2.75) is 19.4 Å². The van der Waals surface area contributed by atoms with Crippen LogP contribution in [0.15, 0.2) is 0 Å². The topological polar surface area (TPSA) is 70.3 Å². The first-order chi connectivity index (χ1) is 7.96. The summed E-state index contributed by atoms with van der Waals surface area (Å²) in [6.45, 7) is 8.03. The van der Waals surface area contributed by atoms with E-state index in [9.17, 15) is 5.11 Å². The van der Waals surface area contributed by atoms with Gasteiger partial charge in [0, 0.05) is 39.8 Å². The highest BCUT2D eigenvalue weighted by Gasteiger charge is 2.24. The van der Waals surface area contributed by atoms with Crippen molar-refractivity contribution in [1.29, 1.82) is 0 Å². The Kier molecular flexibility index (Phi) is 3.30. The first-order valence-corrected chi connectivity index (χ1v) is 5.88. The number of rotatable bonds is 3. The van der Waals surface area contributed by atoms with Gasteiger partial charge in [0.15, 0.2) is 0 Å². The zero-order valence-electron chi connectivity index (χ0n) is 10.7. The van der Waals surface area contributed by atoms with Crippen LogP contribution in [0.5, 0.6) is 0 Å². The molecule has 1 saturated heterocycles. The van der Waals surface area contributed by atoms with E-state index in [0.29, 0.717) is 6.54 Å². The average molecular weight is 240 g/mol. The van der Waals surface area contributed by atoms with E-state index < -0.39 is 5.60 Å². The van der Waals surface area contributed by atoms with E-state index in [1.807, 2.05) is 20.9 Å². The Labute approximate surface area is 101 Å². The van der Waals surface area contributed by atoms with Gasteiger partial charge < -0.3 is 10.0 Å². The van der Waals surface area contributed by atoms with E-state index in [0.717, 1.165) is 32.1 Å². The molecule has 1 aromatic heterocycles. The molecule has 7 nitrogen and oxygen atoms in total. The third kappa shape index (κ3) is 3.13. The predicted molar refractivity (Wildman–Crippen MR) is 63.7 cm³/mol. The number of anilines is 1. The zero-order chi connectivity index (χ0) is 12.5. The fourth-order valence-corrected chi connectivity index (χ4v) is 2.15. The summed E-state index contributed by atoms with van der Waals surface area (Å²) in [6, 6.07) is 0. The molecule has 1 aromatic rings. The summed E-state index contributed by atoms with van der Waals surface area (Å²) in [6.07, 6.45) is 0. The van der Waals surface area contributed by atoms with E-state index in [2.05, 4.69) is 25.3 Å². The molecule has 2 heterocycles. The van der Waals surface area contributed by atoms with Crippen LogP contribution in [0.4, 0.5) is 5.95 Å². The smallest absolute Gasteiger partial charge is 0.245 e. The molecule has 1 fully saturated rings. The third-order valence-electron chi connectivity index (χ3n) is 2.86. The van der Waals surface area contributed by atoms with Gasteiger partial charge in [0.1, 0.15) is 0 Å². The first-order valence-electron chi connectivity index (χ1n) is 5.88. The average Bonchev–Trinajstić information content (AvgIpc) is 2.63. The van der Waals surface area contributed by atoms with Crippen molar-refractivity contribution in [3.05, 3.63) is 0 Å². The minimum absolute atomic E-state index is 0.630. The maximum atomic E-state index is 9.77. The normalized spacial score (nSPS) is 18.7. The van der Waals surface area contributed by atoms with Gasteiger partial charge in [-0.05, 0) is 24.3 Å². The fraction of sp³-hybridized carbons (Fsp3) is 0.900. The standard InChI is InChI=1S/C10H20N6O/c1-10(2,17)8-15-4-6-16(7-5-15)9-11-12-13-14(9)3/h17H,4-8H2,1-3H3. The van der Waals surface area contributed by atoms with Gasteiger partial charge in [0.2, 0.25) is 5.95 Å². The lowest BCUT2D eigenvalue weighted by molar-refractivity contribution is 0.0344. The van der Waals surface area contributed by atoms with Gasteiger partial charge in [-0.15, -0.1) is 0 Å². The summed E-state index contributed by atoms with van der Waals surface area (Å²) in [7, 11) is 1.85. The Morgan fingerprint density at radius 1 is 1.24 bits per heavy atom. The highest BCUT2D eigenvalue weighted by Crippen LogP contribution is 2.13. The largest absolute Gasteiger partial charge is 0.389 e. The molecule has 7 heteroatoms. The molecule has 0 unspecified atom stereocenters. The van der Waals surface area contributed by atoms with Crippen LogP contribution in [0.25, 0.3) is 0 Å². The van der Waals surface area contributed by atoms with Gasteiger partial charge in [-0.1, -0.05) is 5.10 Å². The zero-order valence-corrected chi connectivity index (χ0v) is 10.7. The minimum Gasteiger partial charge on any atom is -0.389 e. The molecule has 0 atom stereocenters. The van der Waals surface area contributed by atoms with Crippen molar-refractivity contribution in [3.63, 3.8) is 0 Å². The highest BCUT2D eigenvalue weighted by atomic mass is 16.3. The maximum absolute atomic E-state index is 9.77. The van der Waals surface area contributed by atoms with Crippen molar-refractivity contribution >= 4 is 5.95 Å². The fourth-order valence-electron chi connectivity index (χ4n) is 2.15. The lowest BCUT2D eigenvalue weighted by Crippen LogP contribution is -2.51. The van der Waals surface area contributed by atoms with Crippen molar-refractivity contribution in [1.82, 2.24) is 25.1 Å². The van der Waals surface area contributed by atoms with Crippen molar-refractivity contribution in [2.24, 2.45) is 7.05 Å². The monoisotopic (exact) mass is 240 g/mol. The molecule has 1 N–H and O–H groups in total. The molecule has 0 bridgehead atoms. The lowest BCUT2D eigenvalue weighted by Gasteiger charge is -2.37. The molecule has 2 rings (SSSR count). The first kappa shape index (κ1) is 12.3. The van der Waals surface area contributed by atoms with Crippen LogP contribution in [-0.2, 0) is 7.05 Å². The van der Waals surface area contributed by atoms with E-state index in [4.69, 9.17) is 0 Å². The van der Waals surface area contributed by atoms with E-state index in [1.165, 1.54) is 0 Å². The molecule has 0 aliphatic carbocycles. The molecule has 0 saturated carbocycles. The van der Waals surface area contributed by atoms with Crippen LogP contribution < -0.4 is 4.90 Å². The van der Waals surface area contributed by atoms with Crippen LogP contribution in [-0.4, -0.2) is 68.5 Å². The second-order valence-electron chi connectivity index (χ2n) is 5.18. The Balaban J connectivity index is 1.88. The highest BCUT2D eigenvalue weighted by molar-refractivity contribution is 5.28. The predicted octanol–water partition coefficient (Wildman–Crippen LogP) is -0.897. The molecule has 17 heavy (non-hydrogen) atoms. The van der Waals surface area contributed by atoms with E-state index in [-0.39, 0.29) is 0 Å². The van der Waals surface area contributed by atoms with Crippen LogP contribution in [0.3, 0.4) is 0 Å². The van der Waals surface area contributed by atoms with Crippen LogP contribution >= 0.6 is 0 Å². The number of hydrogen-bond donors (Lipinski definition) is 1. The second kappa shape index (κ2) is 4.58. The second-order valence-corrected chi connectivity index (χ2v) is 5.18. The quantitative estimate of drug-likeness (QED) is 0.738. The lowest BCUT2D eigenvalue weighted by atomic mass is 10.1. The van der Waals surface area contributed by atoms with Gasteiger partial charge in [-0.3, -0.25) is 4.90 Å². The van der Waals surface area contributed by atoms with Gasteiger partial charge in [0.05, 0.1) is 5.60 Å². The molecule has 1 aliphatic rings. The molecule has 0 aromatic carbocycles. The Hall–Kier alpha value is -1.21. The Morgan fingerprint density at radius 3 is 2.35 bits per heavy atom. The summed E-state index contributed by atoms with van der Waals surface area (Å²) >= 11 is 0. The van der Waals surface area contributed by atoms with Crippen LogP contribution in [0, 0.1) is 0 Å². The number of β-amino-alcohol motifs (C(OH)–C–C–N with tert-alkyl or cyclic N) is 1. The molecule has 1 aliphatic heterocycles.